The fourth-order valence-electron chi connectivity index (χ4n) is 5.36. The molecule has 2 aliphatic heterocycles. The lowest BCUT2D eigenvalue weighted by Gasteiger charge is -2.24. The van der Waals surface area contributed by atoms with Gasteiger partial charge in [0.2, 0.25) is 5.69 Å². The van der Waals surface area contributed by atoms with Crippen molar-refractivity contribution in [1.29, 1.82) is 0 Å². The average molecular weight is 1010 g/mol. The average Bonchev–Trinajstić information content (AvgIpc) is 3.12. The molecule has 4 rings (SSSR count). The summed E-state index contributed by atoms with van der Waals surface area (Å²) >= 11 is 22.3. The number of benzene rings is 2. The molecular weight excluding hydrogens is 983 g/mol. The summed E-state index contributed by atoms with van der Waals surface area (Å²) in [5.41, 5.74) is 7.24. The summed E-state index contributed by atoms with van der Waals surface area (Å²) < 4.78 is 8.63. The Hall–Kier alpha value is 0.480. The van der Waals surface area contributed by atoms with Gasteiger partial charge in [-0.3, -0.25) is 0 Å². The van der Waals surface area contributed by atoms with E-state index in [2.05, 4.69) is 202 Å². The first-order valence-electron chi connectivity index (χ1n) is 11.7. The van der Waals surface area contributed by atoms with E-state index in [4.69, 9.17) is 0 Å². The summed E-state index contributed by atoms with van der Waals surface area (Å²) in [6.45, 7) is 9.07. The summed E-state index contributed by atoms with van der Waals surface area (Å²) in [5.74, 6) is 0. The van der Waals surface area contributed by atoms with Crippen LogP contribution in [-0.4, -0.2) is 24.4 Å². The number of hydrogen-bond donors (Lipinski definition) is 0. The van der Waals surface area contributed by atoms with E-state index in [0.717, 1.165) is 26.8 Å². The second-order valence-corrected chi connectivity index (χ2v) is 15.1. The largest absolute Gasteiger partial charge is 1.00 e. The van der Waals surface area contributed by atoms with E-state index >= 15 is 0 Å². The summed E-state index contributed by atoms with van der Waals surface area (Å²) in [4.78, 5) is 2.27. The van der Waals surface area contributed by atoms with E-state index in [0.29, 0.717) is 0 Å². The van der Waals surface area contributed by atoms with Gasteiger partial charge in [0.15, 0.2) is 5.71 Å². The summed E-state index contributed by atoms with van der Waals surface area (Å²) in [7, 11) is 4.26. The zero-order valence-electron chi connectivity index (χ0n) is 21.7. The van der Waals surface area contributed by atoms with Crippen LogP contribution >= 0.6 is 95.6 Å². The molecule has 2 heterocycles. The molecule has 0 aliphatic carbocycles. The van der Waals surface area contributed by atoms with Crippen molar-refractivity contribution in [1.82, 2.24) is 0 Å². The van der Waals surface area contributed by atoms with Crippen LogP contribution in [0.3, 0.4) is 0 Å². The highest BCUT2D eigenvalue weighted by Crippen LogP contribution is 2.53. The number of halogens is 7. The lowest BCUT2D eigenvalue weighted by molar-refractivity contribution is -0.401. The fraction of sp³-hybridized carbons (Fsp3) is 0.276. The molecule has 2 aliphatic rings. The predicted molar refractivity (Wildman–Crippen MR) is 180 cm³/mol. The Morgan fingerprint density at radius 3 is 1.87 bits per heavy atom. The number of nitrogens with zero attached hydrogens (tertiary/aromatic N) is 2. The second kappa shape index (κ2) is 12.4. The Kier molecular flexibility index (Phi) is 10.7. The van der Waals surface area contributed by atoms with E-state index < -0.39 is 0 Å². The maximum absolute atomic E-state index is 3.80. The molecule has 0 N–H and O–H groups in total. The van der Waals surface area contributed by atoms with Crippen molar-refractivity contribution >= 4 is 113 Å². The maximum atomic E-state index is 3.80. The zero-order valence-corrected chi connectivity index (χ0v) is 33.4. The monoisotopic (exact) mass is 1000 g/mol. The highest BCUT2D eigenvalue weighted by Gasteiger charge is 2.45. The number of likely N-dealkylation sites (N-methyl/N-ethyl adjacent to an activating group) is 1. The first kappa shape index (κ1) is 33.0. The lowest BCUT2D eigenvalue weighted by Crippen LogP contribution is -3.00. The van der Waals surface area contributed by atoms with Crippen molar-refractivity contribution in [2.45, 2.75) is 38.5 Å². The van der Waals surface area contributed by atoms with Crippen LogP contribution in [-0.2, 0) is 10.8 Å². The van der Waals surface area contributed by atoms with Crippen molar-refractivity contribution in [3.63, 3.8) is 0 Å². The van der Waals surface area contributed by atoms with Gasteiger partial charge in [0.05, 0.1) is 11.0 Å². The van der Waals surface area contributed by atoms with Gasteiger partial charge >= 0.3 is 0 Å². The highest BCUT2D eigenvalue weighted by atomic mass is 127. The van der Waals surface area contributed by atoms with Gasteiger partial charge in [0.1, 0.15) is 7.05 Å². The maximum Gasteiger partial charge on any atom is 0.211 e. The molecule has 38 heavy (non-hydrogen) atoms. The molecule has 0 unspecified atom stereocenters. The highest BCUT2D eigenvalue weighted by molar-refractivity contribution is 9.15. The lowest BCUT2D eigenvalue weighted by atomic mass is 9.81. The molecule has 0 radical (unpaired) electrons. The molecule has 0 bridgehead atoms. The Labute approximate surface area is 293 Å². The van der Waals surface area contributed by atoms with Crippen molar-refractivity contribution in [3.05, 3.63) is 98.3 Å². The van der Waals surface area contributed by atoms with Crippen LogP contribution < -0.4 is 28.9 Å². The van der Waals surface area contributed by atoms with Gasteiger partial charge in [0, 0.05) is 68.4 Å². The minimum atomic E-state index is -0.122. The second-order valence-electron chi connectivity index (χ2n) is 10.2. The third kappa shape index (κ3) is 5.61. The molecule has 0 aromatic heterocycles. The standard InChI is InChI=1S/C29H27Br6N2.HI/c1-28(2)20(36(5)18-14-16(30)24(32)26(34)22(18)28)12-10-8-7-9-11-13-21-29(3,4)23-19(37(21)6)15-17(31)25(33)27(23)35;/h7-15H,1-6H3;1H/q+1;/p-1. The molecule has 202 valence electrons. The Morgan fingerprint density at radius 1 is 0.711 bits per heavy atom. The van der Waals surface area contributed by atoms with Crippen molar-refractivity contribution in [2.75, 3.05) is 19.0 Å². The number of rotatable bonds is 4. The van der Waals surface area contributed by atoms with Gasteiger partial charge in [-0.1, -0.05) is 44.2 Å². The van der Waals surface area contributed by atoms with Crippen molar-refractivity contribution in [3.8, 4) is 0 Å². The molecule has 0 spiro atoms. The normalized spacial score (nSPS) is 18.8. The molecule has 0 fully saturated rings. The third-order valence-corrected chi connectivity index (χ3v) is 13.8. The van der Waals surface area contributed by atoms with Gasteiger partial charge < -0.3 is 28.9 Å². The molecule has 2 aromatic rings. The summed E-state index contributed by atoms with van der Waals surface area (Å²) in [6, 6.07) is 4.35. The minimum Gasteiger partial charge on any atom is -1.00 e. The fourth-order valence-corrected chi connectivity index (χ4v) is 9.18. The molecule has 0 saturated carbocycles. The Bertz CT molecular complexity index is 1460. The van der Waals surface area contributed by atoms with E-state index in [-0.39, 0.29) is 34.8 Å². The van der Waals surface area contributed by atoms with Crippen LogP contribution in [0.5, 0.6) is 0 Å². The van der Waals surface area contributed by atoms with Gasteiger partial charge in [0.25, 0.3) is 0 Å². The predicted octanol–water partition coefficient (Wildman–Crippen LogP) is 8.25. The molecule has 0 atom stereocenters. The number of hydrogen-bond acceptors (Lipinski definition) is 1. The van der Waals surface area contributed by atoms with Crippen molar-refractivity contribution in [2.24, 2.45) is 0 Å². The van der Waals surface area contributed by atoms with Crippen LogP contribution in [0, 0.1) is 0 Å². The SMILES string of the molecule is CN1\C(=C/C=C/C=C/C=C/C2=[N+](C)c3cc(Br)c(Br)c(Br)c3C2(C)C)C(C)(C)c2c1cc(Br)c(Br)c2Br.[I-]. The molecule has 0 saturated heterocycles. The topological polar surface area (TPSA) is 6.25 Å². The van der Waals surface area contributed by atoms with E-state index in [9.17, 15) is 0 Å². The summed E-state index contributed by atoms with van der Waals surface area (Å²) in [6.07, 6.45) is 14.9. The Morgan fingerprint density at radius 2 is 1.24 bits per heavy atom. The van der Waals surface area contributed by atoms with E-state index in [1.807, 2.05) is 0 Å². The molecular formula is C29H27Br6IN2. The van der Waals surface area contributed by atoms with Gasteiger partial charge in [-0.25, -0.2) is 0 Å². The van der Waals surface area contributed by atoms with Crippen molar-refractivity contribution < 1.29 is 28.6 Å². The zero-order chi connectivity index (χ0) is 27.4. The van der Waals surface area contributed by atoms with Crippen LogP contribution in [0.25, 0.3) is 0 Å². The van der Waals surface area contributed by atoms with E-state index in [1.165, 1.54) is 33.9 Å². The third-order valence-electron chi connectivity index (χ3n) is 7.21. The molecule has 0 amide bonds. The first-order valence-corrected chi connectivity index (χ1v) is 16.4. The summed E-state index contributed by atoms with van der Waals surface area (Å²) in [5, 5.41) is 0. The van der Waals surface area contributed by atoms with Crippen LogP contribution in [0.2, 0.25) is 0 Å². The quantitative estimate of drug-likeness (QED) is 0.130. The number of fused-ring (bicyclic) bond motifs is 2. The molecule has 2 nitrogen and oxygen atoms in total. The Balaban J connectivity index is 0.00000400. The minimum absolute atomic E-state index is 0. The molecule has 9 heteroatoms. The van der Waals surface area contributed by atoms with Crippen LogP contribution in [0.4, 0.5) is 11.4 Å². The van der Waals surface area contributed by atoms with Crippen LogP contribution in [0.15, 0.2) is 87.2 Å². The van der Waals surface area contributed by atoms with Gasteiger partial charge in [-0.05, 0) is 122 Å². The number of anilines is 1. The first-order chi connectivity index (χ1) is 17.2. The number of allylic oxidation sites excluding steroid dienone is 8. The van der Waals surface area contributed by atoms with Crippen LogP contribution in [0.1, 0.15) is 38.8 Å². The van der Waals surface area contributed by atoms with Gasteiger partial charge in [-0.15, -0.1) is 0 Å². The van der Waals surface area contributed by atoms with E-state index in [1.54, 1.807) is 0 Å². The van der Waals surface area contributed by atoms with Gasteiger partial charge in [-0.2, -0.15) is 4.58 Å². The molecule has 2 aromatic carbocycles. The smallest absolute Gasteiger partial charge is 0.211 e.